The molecule has 2 aromatic carbocycles. The van der Waals surface area contributed by atoms with E-state index in [4.69, 9.17) is 10.5 Å². The van der Waals surface area contributed by atoms with Crippen LogP contribution in [0.15, 0.2) is 42.5 Å². The summed E-state index contributed by atoms with van der Waals surface area (Å²) in [6.45, 7) is 2.58. The zero-order valence-corrected chi connectivity index (χ0v) is 10.3. The topological polar surface area (TPSA) is 35.2 Å². The van der Waals surface area contributed by atoms with Crippen molar-refractivity contribution in [2.24, 2.45) is 5.73 Å². The van der Waals surface area contributed by atoms with Crippen molar-refractivity contribution in [2.75, 3.05) is 6.54 Å². The first-order chi connectivity index (χ1) is 8.69. The van der Waals surface area contributed by atoms with Gasteiger partial charge in [0.2, 0.25) is 0 Å². The molecule has 0 spiro atoms. The Balaban J connectivity index is 2.28. The molecule has 18 heavy (non-hydrogen) atoms. The molecular formula is C15H16FNO. The summed E-state index contributed by atoms with van der Waals surface area (Å²) in [6, 6.07) is 12.0. The van der Waals surface area contributed by atoms with Gasteiger partial charge in [-0.25, -0.2) is 4.39 Å². The highest BCUT2D eigenvalue weighted by Gasteiger charge is 2.05. The molecule has 0 aliphatic rings. The lowest BCUT2D eigenvalue weighted by Crippen LogP contribution is -2.04. The maximum atomic E-state index is 13.1. The van der Waals surface area contributed by atoms with Crippen LogP contribution < -0.4 is 10.5 Å². The first-order valence-electron chi connectivity index (χ1n) is 5.92. The number of ether oxygens (including phenoxy) is 1. The third-order valence-electron chi connectivity index (χ3n) is 2.65. The lowest BCUT2D eigenvalue weighted by atomic mass is 10.1. The fourth-order valence-electron chi connectivity index (χ4n) is 1.82. The molecule has 0 aliphatic carbocycles. The lowest BCUT2D eigenvalue weighted by molar-refractivity contribution is 0.470. The number of rotatable bonds is 4. The minimum absolute atomic E-state index is 0.306. The Bertz CT molecular complexity index is 540. The van der Waals surface area contributed by atoms with Crippen molar-refractivity contribution in [3.05, 3.63) is 59.4 Å². The first kappa shape index (κ1) is 12.6. The Morgan fingerprint density at radius 1 is 1.17 bits per heavy atom. The zero-order valence-electron chi connectivity index (χ0n) is 10.3. The summed E-state index contributed by atoms with van der Waals surface area (Å²) in [5, 5.41) is 0. The van der Waals surface area contributed by atoms with Crippen LogP contribution in [-0.4, -0.2) is 6.54 Å². The SMILES string of the molecule is Cc1ccc(Oc2cccc(F)c2)c(CCN)c1. The van der Waals surface area contributed by atoms with E-state index in [0.717, 1.165) is 23.3 Å². The van der Waals surface area contributed by atoms with Gasteiger partial charge in [0.25, 0.3) is 0 Å². The van der Waals surface area contributed by atoms with Gasteiger partial charge < -0.3 is 10.5 Å². The van der Waals surface area contributed by atoms with Crippen LogP contribution in [0.3, 0.4) is 0 Å². The van der Waals surface area contributed by atoms with Crippen LogP contribution in [-0.2, 0) is 6.42 Å². The second-order valence-electron chi connectivity index (χ2n) is 4.21. The van der Waals surface area contributed by atoms with Crippen LogP contribution in [0, 0.1) is 12.7 Å². The van der Waals surface area contributed by atoms with Gasteiger partial charge in [-0.05, 0) is 43.7 Å². The summed E-state index contributed by atoms with van der Waals surface area (Å²) in [5.74, 6) is 0.925. The van der Waals surface area contributed by atoms with Gasteiger partial charge in [-0.3, -0.25) is 0 Å². The Morgan fingerprint density at radius 3 is 2.72 bits per heavy atom. The van der Waals surface area contributed by atoms with E-state index in [1.807, 2.05) is 25.1 Å². The minimum Gasteiger partial charge on any atom is -0.457 e. The molecule has 0 atom stereocenters. The van der Waals surface area contributed by atoms with Crippen molar-refractivity contribution < 1.29 is 9.13 Å². The minimum atomic E-state index is -0.306. The third kappa shape index (κ3) is 3.08. The highest BCUT2D eigenvalue weighted by molar-refractivity contribution is 5.40. The summed E-state index contributed by atoms with van der Waals surface area (Å²) in [6.07, 6.45) is 0.742. The zero-order chi connectivity index (χ0) is 13.0. The van der Waals surface area contributed by atoms with Crippen molar-refractivity contribution in [3.8, 4) is 11.5 Å². The van der Waals surface area contributed by atoms with E-state index in [1.165, 1.54) is 12.1 Å². The average molecular weight is 245 g/mol. The van der Waals surface area contributed by atoms with Gasteiger partial charge in [-0.1, -0.05) is 23.8 Å². The first-order valence-corrected chi connectivity index (χ1v) is 5.92. The summed E-state index contributed by atoms with van der Waals surface area (Å²) < 4.78 is 18.8. The average Bonchev–Trinajstić information content (AvgIpc) is 2.33. The molecule has 0 unspecified atom stereocenters. The van der Waals surface area contributed by atoms with Gasteiger partial charge >= 0.3 is 0 Å². The molecule has 0 saturated carbocycles. The number of halogens is 1. The van der Waals surface area contributed by atoms with Crippen molar-refractivity contribution in [2.45, 2.75) is 13.3 Å². The van der Waals surface area contributed by atoms with E-state index < -0.39 is 0 Å². The van der Waals surface area contributed by atoms with Gasteiger partial charge in [-0.15, -0.1) is 0 Å². The molecule has 0 amide bonds. The standard InChI is InChI=1S/C15H16FNO/c1-11-5-6-15(12(9-11)7-8-17)18-14-4-2-3-13(16)10-14/h2-6,9-10H,7-8,17H2,1H3. The molecule has 2 nitrogen and oxygen atoms in total. The molecular weight excluding hydrogens is 229 g/mol. The summed E-state index contributed by atoms with van der Waals surface area (Å²) >= 11 is 0. The van der Waals surface area contributed by atoms with Crippen molar-refractivity contribution in [3.63, 3.8) is 0 Å². The lowest BCUT2D eigenvalue weighted by Gasteiger charge is -2.11. The van der Waals surface area contributed by atoms with Crippen LogP contribution in [0.25, 0.3) is 0 Å². The molecule has 94 valence electrons. The Morgan fingerprint density at radius 2 is 2.00 bits per heavy atom. The number of benzene rings is 2. The predicted molar refractivity (Wildman–Crippen MR) is 70.4 cm³/mol. The molecule has 2 aromatic rings. The van der Waals surface area contributed by atoms with Crippen molar-refractivity contribution in [1.82, 2.24) is 0 Å². The highest BCUT2D eigenvalue weighted by Crippen LogP contribution is 2.26. The van der Waals surface area contributed by atoms with Crippen LogP contribution in [0.1, 0.15) is 11.1 Å². The number of hydrogen-bond acceptors (Lipinski definition) is 2. The maximum absolute atomic E-state index is 13.1. The van der Waals surface area contributed by atoms with Crippen LogP contribution in [0.5, 0.6) is 11.5 Å². The van der Waals surface area contributed by atoms with E-state index >= 15 is 0 Å². The van der Waals surface area contributed by atoms with Gasteiger partial charge in [0, 0.05) is 6.07 Å². The molecule has 2 N–H and O–H groups in total. The molecule has 0 radical (unpaired) electrons. The number of aryl methyl sites for hydroxylation is 1. The fourth-order valence-corrected chi connectivity index (χ4v) is 1.82. The van der Waals surface area contributed by atoms with Crippen molar-refractivity contribution in [1.29, 1.82) is 0 Å². The molecule has 0 heterocycles. The molecule has 0 fully saturated rings. The van der Waals surface area contributed by atoms with E-state index in [2.05, 4.69) is 0 Å². The normalized spacial score (nSPS) is 10.4. The molecule has 2 rings (SSSR count). The van der Waals surface area contributed by atoms with Gasteiger partial charge in [0.05, 0.1) is 0 Å². The molecule has 0 saturated heterocycles. The second kappa shape index (κ2) is 5.65. The quantitative estimate of drug-likeness (QED) is 0.895. The van der Waals surface area contributed by atoms with E-state index in [0.29, 0.717) is 12.3 Å². The molecule has 3 heteroatoms. The fraction of sp³-hybridized carbons (Fsp3) is 0.200. The second-order valence-corrected chi connectivity index (χ2v) is 4.21. The summed E-state index contributed by atoms with van der Waals surface area (Å²) in [4.78, 5) is 0. The van der Waals surface area contributed by atoms with Crippen LogP contribution in [0.4, 0.5) is 4.39 Å². The van der Waals surface area contributed by atoms with Gasteiger partial charge in [-0.2, -0.15) is 0 Å². The van der Waals surface area contributed by atoms with Crippen molar-refractivity contribution >= 4 is 0 Å². The smallest absolute Gasteiger partial charge is 0.130 e. The number of hydrogen-bond donors (Lipinski definition) is 1. The van der Waals surface area contributed by atoms with E-state index in [-0.39, 0.29) is 5.82 Å². The molecule has 0 bridgehead atoms. The monoisotopic (exact) mass is 245 g/mol. The van der Waals surface area contributed by atoms with Crippen LogP contribution >= 0.6 is 0 Å². The Hall–Kier alpha value is -1.87. The molecule has 0 aromatic heterocycles. The van der Waals surface area contributed by atoms with Gasteiger partial charge in [0.1, 0.15) is 17.3 Å². The van der Waals surface area contributed by atoms with Gasteiger partial charge in [0.15, 0.2) is 0 Å². The maximum Gasteiger partial charge on any atom is 0.130 e. The number of nitrogens with two attached hydrogens (primary N) is 1. The predicted octanol–water partition coefficient (Wildman–Crippen LogP) is 3.43. The van der Waals surface area contributed by atoms with E-state index in [1.54, 1.807) is 12.1 Å². The highest BCUT2D eigenvalue weighted by atomic mass is 19.1. The Labute approximate surface area is 106 Å². The summed E-state index contributed by atoms with van der Waals surface area (Å²) in [5.41, 5.74) is 7.78. The summed E-state index contributed by atoms with van der Waals surface area (Å²) in [7, 11) is 0. The third-order valence-corrected chi connectivity index (χ3v) is 2.65. The largest absolute Gasteiger partial charge is 0.457 e. The molecule has 0 aliphatic heterocycles. The Kier molecular flexibility index (Phi) is 3.95. The van der Waals surface area contributed by atoms with E-state index in [9.17, 15) is 4.39 Å². The van der Waals surface area contributed by atoms with Crippen LogP contribution in [0.2, 0.25) is 0 Å².